The number of hydrogen-bond acceptors (Lipinski definition) is 2. The van der Waals surface area contributed by atoms with Gasteiger partial charge < -0.3 is 10.2 Å². The topological polar surface area (TPSA) is 15.3 Å². The van der Waals surface area contributed by atoms with Gasteiger partial charge >= 0.3 is 0 Å². The van der Waals surface area contributed by atoms with Crippen molar-refractivity contribution in [2.75, 3.05) is 26.7 Å². The summed E-state index contributed by atoms with van der Waals surface area (Å²) in [4.78, 5) is 2.49. The summed E-state index contributed by atoms with van der Waals surface area (Å²) in [7, 11) is 2.26. The maximum Gasteiger partial charge on any atom is 0.0226 e. The molecule has 1 saturated heterocycles. The molecule has 2 nitrogen and oxygen atoms in total. The minimum absolute atomic E-state index is 0.765. The first kappa shape index (κ1) is 12.1. The van der Waals surface area contributed by atoms with Crippen LogP contribution < -0.4 is 5.32 Å². The summed E-state index contributed by atoms with van der Waals surface area (Å²) < 4.78 is 0. The molecule has 0 aromatic heterocycles. The van der Waals surface area contributed by atoms with Crippen LogP contribution in [-0.4, -0.2) is 37.6 Å². The van der Waals surface area contributed by atoms with Crippen molar-refractivity contribution in [3.05, 3.63) is 12.7 Å². The van der Waals surface area contributed by atoms with Gasteiger partial charge in [0, 0.05) is 12.6 Å². The molecule has 0 spiro atoms. The zero-order valence-corrected chi connectivity index (χ0v) is 10.6. The van der Waals surface area contributed by atoms with Gasteiger partial charge in [-0.2, -0.15) is 0 Å². The molecule has 1 saturated carbocycles. The van der Waals surface area contributed by atoms with E-state index in [2.05, 4.69) is 23.8 Å². The highest BCUT2D eigenvalue weighted by atomic mass is 15.1. The van der Waals surface area contributed by atoms with Gasteiger partial charge in [0.05, 0.1) is 0 Å². The molecule has 0 aromatic rings. The third-order valence-corrected chi connectivity index (χ3v) is 4.33. The highest BCUT2D eigenvalue weighted by Crippen LogP contribution is 2.37. The molecule has 1 N–H and O–H groups in total. The molecule has 92 valence electrons. The van der Waals surface area contributed by atoms with Crippen molar-refractivity contribution in [1.82, 2.24) is 10.2 Å². The number of nitrogens with zero attached hydrogens (tertiary/aromatic N) is 1. The molecule has 1 heterocycles. The van der Waals surface area contributed by atoms with Crippen LogP contribution in [-0.2, 0) is 0 Å². The Morgan fingerprint density at radius 1 is 1.44 bits per heavy atom. The predicted molar refractivity (Wildman–Crippen MR) is 69.5 cm³/mol. The summed E-state index contributed by atoms with van der Waals surface area (Å²) in [6.07, 6.45) is 8.81. The van der Waals surface area contributed by atoms with Gasteiger partial charge in [-0.3, -0.25) is 0 Å². The lowest BCUT2D eigenvalue weighted by Crippen LogP contribution is -2.39. The van der Waals surface area contributed by atoms with Gasteiger partial charge in [0.15, 0.2) is 0 Å². The fourth-order valence-electron chi connectivity index (χ4n) is 3.44. The highest BCUT2D eigenvalue weighted by Gasteiger charge is 2.38. The minimum atomic E-state index is 0.765. The fourth-order valence-corrected chi connectivity index (χ4v) is 3.44. The van der Waals surface area contributed by atoms with Gasteiger partial charge in [-0.15, -0.1) is 6.58 Å². The number of likely N-dealkylation sites (N-methyl/N-ethyl adjacent to an activating group) is 1. The van der Waals surface area contributed by atoms with Crippen molar-refractivity contribution < 1.29 is 0 Å². The monoisotopic (exact) mass is 222 g/mol. The zero-order chi connectivity index (χ0) is 11.4. The van der Waals surface area contributed by atoms with Crippen LogP contribution in [0.25, 0.3) is 0 Å². The quantitative estimate of drug-likeness (QED) is 0.548. The molecular formula is C14H26N2. The Labute approximate surface area is 100 Å². The zero-order valence-electron chi connectivity index (χ0n) is 10.6. The number of hydrogen-bond donors (Lipinski definition) is 1. The van der Waals surface area contributed by atoms with Crippen LogP contribution in [0.15, 0.2) is 12.7 Å². The van der Waals surface area contributed by atoms with E-state index in [1.165, 1.54) is 45.3 Å². The number of fused-ring (bicyclic) bond motifs is 1. The van der Waals surface area contributed by atoms with E-state index >= 15 is 0 Å². The molecule has 2 aliphatic rings. The van der Waals surface area contributed by atoms with Crippen LogP contribution in [0.4, 0.5) is 0 Å². The van der Waals surface area contributed by atoms with Crippen LogP contribution in [0, 0.1) is 11.8 Å². The number of rotatable bonds is 6. The van der Waals surface area contributed by atoms with Gasteiger partial charge in [-0.1, -0.05) is 12.5 Å². The lowest BCUT2D eigenvalue weighted by molar-refractivity contribution is 0.264. The van der Waals surface area contributed by atoms with Gasteiger partial charge in [0.25, 0.3) is 0 Å². The van der Waals surface area contributed by atoms with Crippen molar-refractivity contribution in [3.8, 4) is 0 Å². The van der Waals surface area contributed by atoms with Gasteiger partial charge in [-0.05, 0) is 57.7 Å². The lowest BCUT2D eigenvalue weighted by Gasteiger charge is -2.24. The lowest BCUT2D eigenvalue weighted by atomic mass is 9.94. The molecule has 2 fully saturated rings. The van der Waals surface area contributed by atoms with Gasteiger partial charge in [-0.25, -0.2) is 0 Å². The van der Waals surface area contributed by atoms with E-state index in [9.17, 15) is 0 Å². The van der Waals surface area contributed by atoms with E-state index in [1.807, 2.05) is 6.08 Å². The summed E-state index contributed by atoms with van der Waals surface area (Å²) in [5.41, 5.74) is 0. The molecule has 2 rings (SSSR count). The second kappa shape index (κ2) is 5.83. The standard InChI is InChI=1S/C14H26N2/c1-3-4-5-9-16(2)11-14-13-8-6-7-12(13)10-15-14/h3,12-15H,1,4-11H2,2H3. The van der Waals surface area contributed by atoms with Crippen molar-refractivity contribution in [2.24, 2.45) is 11.8 Å². The molecule has 3 unspecified atom stereocenters. The van der Waals surface area contributed by atoms with E-state index in [-0.39, 0.29) is 0 Å². The fraction of sp³-hybridized carbons (Fsp3) is 0.857. The summed E-state index contributed by atoms with van der Waals surface area (Å²) in [6.45, 7) is 7.49. The largest absolute Gasteiger partial charge is 0.312 e. The second-order valence-electron chi connectivity index (χ2n) is 5.56. The van der Waals surface area contributed by atoms with E-state index in [0.29, 0.717) is 0 Å². The van der Waals surface area contributed by atoms with Crippen molar-refractivity contribution >= 4 is 0 Å². The maximum absolute atomic E-state index is 3.77. The molecule has 2 heteroatoms. The van der Waals surface area contributed by atoms with Crippen LogP contribution in [0.5, 0.6) is 0 Å². The number of nitrogens with one attached hydrogen (secondary N) is 1. The Bertz CT molecular complexity index is 227. The van der Waals surface area contributed by atoms with E-state index in [0.717, 1.165) is 24.3 Å². The Morgan fingerprint density at radius 3 is 3.12 bits per heavy atom. The van der Waals surface area contributed by atoms with Crippen LogP contribution in [0.2, 0.25) is 0 Å². The highest BCUT2D eigenvalue weighted by molar-refractivity contribution is 4.95. The SMILES string of the molecule is C=CCCCN(C)CC1NCC2CCCC21. The molecule has 0 bridgehead atoms. The normalized spacial score (nSPS) is 33.2. The van der Waals surface area contributed by atoms with Crippen molar-refractivity contribution in [1.29, 1.82) is 0 Å². The minimum Gasteiger partial charge on any atom is -0.312 e. The van der Waals surface area contributed by atoms with Crippen LogP contribution in [0.1, 0.15) is 32.1 Å². The third-order valence-electron chi connectivity index (χ3n) is 4.33. The second-order valence-corrected chi connectivity index (χ2v) is 5.56. The van der Waals surface area contributed by atoms with E-state index < -0.39 is 0 Å². The number of allylic oxidation sites excluding steroid dienone is 1. The third kappa shape index (κ3) is 2.86. The van der Waals surface area contributed by atoms with Gasteiger partial charge in [0.2, 0.25) is 0 Å². The average molecular weight is 222 g/mol. The molecule has 0 aromatic carbocycles. The summed E-state index contributed by atoms with van der Waals surface area (Å²) >= 11 is 0. The Kier molecular flexibility index (Phi) is 4.42. The summed E-state index contributed by atoms with van der Waals surface area (Å²) in [5.74, 6) is 1.97. The Balaban J connectivity index is 1.70. The van der Waals surface area contributed by atoms with Crippen molar-refractivity contribution in [3.63, 3.8) is 0 Å². The molecular weight excluding hydrogens is 196 g/mol. The molecule has 16 heavy (non-hydrogen) atoms. The predicted octanol–water partition coefficient (Wildman–Crippen LogP) is 2.27. The van der Waals surface area contributed by atoms with Crippen molar-refractivity contribution in [2.45, 2.75) is 38.1 Å². The first-order valence-corrected chi connectivity index (χ1v) is 6.84. The molecule has 1 aliphatic heterocycles. The first-order valence-electron chi connectivity index (χ1n) is 6.84. The Hall–Kier alpha value is -0.340. The smallest absolute Gasteiger partial charge is 0.0226 e. The molecule has 0 amide bonds. The number of unbranched alkanes of at least 4 members (excludes halogenated alkanes) is 1. The van der Waals surface area contributed by atoms with Crippen LogP contribution >= 0.6 is 0 Å². The maximum atomic E-state index is 3.77. The Morgan fingerprint density at radius 2 is 2.31 bits per heavy atom. The molecule has 1 aliphatic carbocycles. The van der Waals surface area contributed by atoms with Crippen LogP contribution in [0.3, 0.4) is 0 Å². The van der Waals surface area contributed by atoms with E-state index in [1.54, 1.807) is 0 Å². The average Bonchev–Trinajstić information content (AvgIpc) is 2.83. The molecule has 3 atom stereocenters. The summed E-state index contributed by atoms with van der Waals surface area (Å²) in [5, 5.41) is 3.72. The summed E-state index contributed by atoms with van der Waals surface area (Å²) in [6, 6.07) is 0.765. The molecule has 0 radical (unpaired) electrons. The van der Waals surface area contributed by atoms with E-state index in [4.69, 9.17) is 0 Å². The van der Waals surface area contributed by atoms with Gasteiger partial charge in [0.1, 0.15) is 0 Å². The first-order chi connectivity index (χ1) is 7.81.